The molecule has 0 radical (unpaired) electrons. The van der Waals surface area contributed by atoms with Gasteiger partial charge in [0, 0.05) is 19.5 Å². The van der Waals surface area contributed by atoms with Gasteiger partial charge in [0.2, 0.25) is 0 Å². The fraction of sp³-hybridized carbons (Fsp3) is 0.900. The number of nitrogens with zero attached hydrogens (tertiary/aromatic N) is 2. The summed E-state index contributed by atoms with van der Waals surface area (Å²) in [6.07, 6.45) is 2.15. The zero-order chi connectivity index (χ0) is 10.4. The predicted octanol–water partition coefficient (Wildman–Crippen LogP) is -0.0536. The largest absolute Gasteiger partial charge is 0.388 e. The van der Waals surface area contributed by atoms with Gasteiger partial charge in [-0.2, -0.15) is 5.26 Å². The van der Waals surface area contributed by atoms with Crippen LogP contribution in [0, 0.1) is 11.3 Å². The number of hydrogen-bond donors (Lipinski definition) is 2. The number of hydrogen-bond acceptors (Lipinski definition) is 4. The fourth-order valence-corrected chi connectivity index (χ4v) is 1.87. The van der Waals surface area contributed by atoms with Gasteiger partial charge >= 0.3 is 0 Å². The van der Waals surface area contributed by atoms with Gasteiger partial charge in [-0.3, -0.25) is 0 Å². The molecule has 4 heteroatoms. The Morgan fingerprint density at radius 2 is 2.14 bits per heavy atom. The van der Waals surface area contributed by atoms with E-state index < -0.39 is 5.60 Å². The average molecular weight is 197 g/mol. The van der Waals surface area contributed by atoms with Crippen LogP contribution in [0.5, 0.6) is 0 Å². The molecule has 1 heterocycles. The van der Waals surface area contributed by atoms with Crippen molar-refractivity contribution in [3.05, 3.63) is 0 Å². The maximum absolute atomic E-state index is 10.2. The number of nitrogens with one attached hydrogen (secondary N) is 1. The quantitative estimate of drug-likeness (QED) is 0.663. The Morgan fingerprint density at radius 1 is 1.50 bits per heavy atom. The van der Waals surface area contributed by atoms with Crippen molar-refractivity contribution in [2.45, 2.75) is 24.9 Å². The number of nitriles is 1. The van der Waals surface area contributed by atoms with E-state index in [1.54, 1.807) is 0 Å². The lowest BCUT2D eigenvalue weighted by Crippen LogP contribution is -2.49. The third-order valence-electron chi connectivity index (χ3n) is 2.70. The molecule has 1 saturated heterocycles. The molecule has 4 nitrogen and oxygen atoms in total. The molecule has 0 aromatic heterocycles. The lowest BCUT2D eigenvalue weighted by Gasteiger charge is -2.35. The highest BCUT2D eigenvalue weighted by Crippen LogP contribution is 2.18. The Kier molecular flexibility index (Phi) is 4.33. The average Bonchev–Trinajstić information content (AvgIpc) is 2.15. The molecule has 0 amide bonds. The van der Waals surface area contributed by atoms with Crippen LogP contribution in [-0.4, -0.2) is 48.8 Å². The van der Waals surface area contributed by atoms with Crippen LogP contribution in [-0.2, 0) is 0 Å². The minimum atomic E-state index is -0.546. The Morgan fingerprint density at radius 3 is 2.71 bits per heavy atom. The van der Waals surface area contributed by atoms with E-state index in [2.05, 4.69) is 11.4 Å². The highest BCUT2D eigenvalue weighted by molar-refractivity contribution is 4.87. The van der Waals surface area contributed by atoms with Gasteiger partial charge in [-0.25, -0.2) is 0 Å². The van der Waals surface area contributed by atoms with E-state index in [1.807, 2.05) is 11.9 Å². The zero-order valence-corrected chi connectivity index (χ0v) is 8.79. The summed E-state index contributed by atoms with van der Waals surface area (Å²) in [5, 5.41) is 21.8. The molecule has 80 valence electrons. The van der Waals surface area contributed by atoms with Gasteiger partial charge in [-0.05, 0) is 33.0 Å². The molecule has 0 unspecified atom stereocenters. The van der Waals surface area contributed by atoms with Crippen LogP contribution in [0.2, 0.25) is 0 Å². The molecule has 1 rings (SSSR count). The minimum absolute atomic E-state index is 0.533. The Hall–Kier alpha value is -0.630. The molecular formula is C10H19N3O. The van der Waals surface area contributed by atoms with Crippen molar-refractivity contribution in [1.29, 1.82) is 5.26 Å². The van der Waals surface area contributed by atoms with Crippen LogP contribution >= 0.6 is 0 Å². The predicted molar refractivity (Wildman–Crippen MR) is 54.8 cm³/mol. The standard InChI is InChI=1S/C10H19N3O/c1-13(8-2-5-11)9-10(14)3-6-12-7-4-10/h12,14H,2-4,6-9H2,1H3. The third kappa shape index (κ3) is 3.62. The van der Waals surface area contributed by atoms with Crippen molar-refractivity contribution in [1.82, 2.24) is 10.2 Å². The molecule has 2 N–H and O–H groups in total. The van der Waals surface area contributed by atoms with Crippen molar-refractivity contribution in [3.8, 4) is 6.07 Å². The molecule has 0 aromatic rings. The number of likely N-dealkylation sites (N-methyl/N-ethyl adjacent to an activating group) is 1. The summed E-state index contributed by atoms with van der Waals surface area (Å²) in [5.41, 5.74) is -0.546. The normalized spacial score (nSPS) is 20.7. The van der Waals surface area contributed by atoms with E-state index in [1.165, 1.54) is 0 Å². The van der Waals surface area contributed by atoms with Crippen molar-refractivity contribution in [3.63, 3.8) is 0 Å². The maximum Gasteiger partial charge on any atom is 0.0798 e. The number of aliphatic hydroxyl groups is 1. The summed E-state index contributed by atoms with van der Waals surface area (Å²) < 4.78 is 0. The van der Waals surface area contributed by atoms with Crippen LogP contribution < -0.4 is 5.32 Å². The number of piperidine rings is 1. The van der Waals surface area contributed by atoms with E-state index in [-0.39, 0.29) is 0 Å². The second-order valence-corrected chi connectivity index (χ2v) is 4.12. The first-order valence-corrected chi connectivity index (χ1v) is 5.15. The summed E-state index contributed by atoms with van der Waals surface area (Å²) in [6.45, 7) is 3.20. The van der Waals surface area contributed by atoms with Gasteiger partial charge in [-0.15, -0.1) is 0 Å². The maximum atomic E-state index is 10.2. The van der Waals surface area contributed by atoms with Crippen LogP contribution in [0.1, 0.15) is 19.3 Å². The van der Waals surface area contributed by atoms with Gasteiger partial charge < -0.3 is 15.3 Å². The van der Waals surface area contributed by atoms with E-state index in [0.717, 1.165) is 32.5 Å². The first kappa shape index (κ1) is 11.4. The molecule has 14 heavy (non-hydrogen) atoms. The molecule has 0 atom stereocenters. The van der Waals surface area contributed by atoms with Crippen LogP contribution in [0.4, 0.5) is 0 Å². The highest BCUT2D eigenvalue weighted by atomic mass is 16.3. The molecular weight excluding hydrogens is 178 g/mol. The molecule has 0 aliphatic carbocycles. The highest BCUT2D eigenvalue weighted by Gasteiger charge is 2.29. The van der Waals surface area contributed by atoms with Crippen LogP contribution in [0.15, 0.2) is 0 Å². The Labute approximate surface area is 85.5 Å². The minimum Gasteiger partial charge on any atom is -0.388 e. The van der Waals surface area contributed by atoms with Gasteiger partial charge in [0.25, 0.3) is 0 Å². The monoisotopic (exact) mass is 197 g/mol. The summed E-state index contributed by atoms with van der Waals surface area (Å²) in [4.78, 5) is 2.04. The SMILES string of the molecule is CN(CCC#N)CC1(O)CCNCC1. The van der Waals surface area contributed by atoms with Crippen LogP contribution in [0.3, 0.4) is 0 Å². The molecule has 0 bridgehead atoms. The molecule has 0 aromatic carbocycles. The number of rotatable bonds is 4. The van der Waals surface area contributed by atoms with Gasteiger partial charge in [0.05, 0.1) is 11.7 Å². The molecule has 1 aliphatic heterocycles. The van der Waals surface area contributed by atoms with Crippen molar-refractivity contribution >= 4 is 0 Å². The molecule has 1 aliphatic rings. The van der Waals surface area contributed by atoms with E-state index in [9.17, 15) is 5.11 Å². The van der Waals surface area contributed by atoms with E-state index >= 15 is 0 Å². The Bertz CT molecular complexity index is 206. The fourth-order valence-electron chi connectivity index (χ4n) is 1.87. The lowest BCUT2D eigenvalue weighted by molar-refractivity contribution is -0.0148. The first-order chi connectivity index (χ1) is 6.66. The van der Waals surface area contributed by atoms with Crippen LogP contribution in [0.25, 0.3) is 0 Å². The summed E-state index contributed by atoms with van der Waals surface area (Å²) in [6, 6.07) is 2.11. The summed E-state index contributed by atoms with van der Waals surface area (Å²) in [5.74, 6) is 0. The van der Waals surface area contributed by atoms with Gasteiger partial charge in [0.1, 0.15) is 0 Å². The van der Waals surface area contributed by atoms with E-state index in [0.29, 0.717) is 13.0 Å². The van der Waals surface area contributed by atoms with Crippen molar-refractivity contribution < 1.29 is 5.11 Å². The van der Waals surface area contributed by atoms with Crippen molar-refractivity contribution in [2.75, 3.05) is 33.2 Å². The second kappa shape index (κ2) is 5.30. The topological polar surface area (TPSA) is 59.3 Å². The summed E-state index contributed by atoms with van der Waals surface area (Å²) >= 11 is 0. The smallest absolute Gasteiger partial charge is 0.0798 e. The van der Waals surface area contributed by atoms with E-state index in [4.69, 9.17) is 5.26 Å². The second-order valence-electron chi connectivity index (χ2n) is 4.12. The van der Waals surface area contributed by atoms with Gasteiger partial charge in [0.15, 0.2) is 0 Å². The summed E-state index contributed by atoms with van der Waals surface area (Å²) in [7, 11) is 1.96. The first-order valence-electron chi connectivity index (χ1n) is 5.15. The molecule has 0 saturated carbocycles. The lowest BCUT2D eigenvalue weighted by atomic mass is 9.92. The van der Waals surface area contributed by atoms with Gasteiger partial charge in [-0.1, -0.05) is 0 Å². The third-order valence-corrected chi connectivity index (χ3v) is 2.70. The van der Waals surface area contributed by atoms with Crippen molar-refractivity contribution in [2.24, 2.45) is 0 Å². The molecule has 1 fully saturated rings. The zero-order valence-electron chi connectivity index (χ0n) is 8.79. The molecule has 0 spiro atoms. The Balaban J connectivity index is 2.30.